The first-order chi connectivity index (χ1) is 13.8. The number of carbonyl (C=O) groups is 2. The molecule has 0 spiro atoms. The van der Waals surface area contributed by atoms with E-state index in [2.05, 4.69) is 21.0 Å². The van der Waals surface area contributed by atoms with Crippen molar-refractivity contribution in [1.82, 2.24) is 9.78 Å². The van der Waals surface area contributed by atoms with Gasteiger partial charge < -0.3 is 16.0 Å². The quantitative estimate of drug-likeness (QED) is 0.597. The number of para-hydroxylation sites is 1. The first-order valence-electron chi connectivity index (χ1n) is 8.43. The lowest BCUT2D eigenvalue weighted by atomic mass is 10.2. The predicted octanol–water partition coefficient (Wildman–Crippen LogP) is 4.18. The van der Waals surface area contributed by atoms with E-state index in [1.165, 1.54) is 6.07 Å². The molecule has 1 aromatic heterocycles. The van der Waals surface area contributed by atoms with E-state index < -0.39 is 23.8 Å². The molecule has 3 N–H and O–H groups in total. The molecule has 0 atom stereocenters. The first kappa shape index (κ1) is 19.9. The maximum absolute atomic E-state index is 12.6. The minimum atomic E-state index is -4.57. The molecule has 2 aromatic carbocycles. The number of alkyl halides is 3. The van der Waals surface area contributed by atoms with Crippen LogP contribution in [-0.4, -0.2) is 21.7 Å². The molecule has 150 valence electrons. The van der Waals surface area contributed by atoms with E-state index in [1.807, 2.05) is 6.07 Å². The van der Waals surface area contributed by atoms with Gasteiger partial charge in [0.2, 0.25) is 5.91 Å². The minimum Gasteiger partial charge on any atom is -0.324 e. The molecule has 0 aliphatic rings. The van der Waals surface area contributed by atoms with E-state index in [-0.39, 0.29) is 6.54 Å². The molecular formula is C19H16F3N5O2. The van der Waals surface area contributed by atoms with Crippen molar-refractivity contribution < 1.29 is 22.8 Å². The monoisotopic (exact) mass is 403 g/mol. The van der Waals surface area contributed by atoms with Gasteiger partial charge in [-0.1, -0.05) is 24.3 Å². The van der Waals surface area contributed by atoms with Gasteiger partial charge in [0.1, 0.15) is 6.54 Å². The van der Waals surface area contributed by atoms with Gasteiger partial charge in [-0.25, -0.2) is 4.79 Å². The molecule has 3 rings (SSSR count). The highest BCUT2D eigenvalue weighted by atomic mass is 19.4. The van der Waals surface area contributed by atoms with Crippen LogP contribution >= 0.6 is 0 Å². The number of halogens is 3. The van der Waals surface area contributed by atoms with E-state index in [0.29, 0.717) is 17.1 Å². The second-order valence-electron chi connectivity index (χ2n) is 5.97. The lowest BCUT2D eigenvalue weighted by Gasteiger charge is -2.10. The Hall–Kier alpha value is -3.82. The summed E-state index contributed by atoms with van der Waals surface area (Å²) in [5, 5.41) is 11.2. The molecule has 1 heterocycles. The standard InChI is InChI=1S/C19H16F3N5O2/c20-19(21,22)16-9-10-27(26-16)12-17(28)23-14-7-4-8-15(11-14)25-18(29)24-13-5-2-1-3-6-13/h1-11H,12H2,(H,23,28)(H2,24,25,29). The van der Waals surface area contributed by atoms with Gasteiger partial charge in [-0.05, 0) is 36.4 Å². The van der Waals surface area contributed by atoms with Crippen LogP contribution in [0, 0.1) is 0 Å². The maximum atomic E-state index is 12.6. The summed E-state index contributed by atoms with van der Waals surface area (Å²) >= 11 is 0. The largest absolute Gasteiger partial charge is 0.435 e. The molecule has 29 heavy (non-hydrogen) atoms. The van der Waals surface area contributed by atoms with Gasteiger partial charge in [-0.15, -0.1) is 0 Å². The third kappa shape index (κ3) is 5.83. The predicted molar refractivity (Wildman–Crippen MR) is 101 cm³/mol. The summed E-state index contributed by atoms with van der Waals surface area (Å²) in [6.45, 7) is -0.387. The topological polar surface area (TPSA) is 88.1 Å². The Balaban J connectivity index is 1.57. The molecule has 0 bridgehead atoms. The molecule has 3 amide bonds. The van der Waals surface area contributed by atoms with Crippen LogP contribution < -0.4 is 16.0 Å². The number of anilines is 3. The molecule has 0 saturated carbocycles. The summed E-state index contributed by atoms with van der Waals surface area (Å²) in [6, 6.07) is 15.5. The van der Waals surface area contributed by atoms with Crippen LogP contribution in [0.15, 0.2) is 66.9 Å². The van der Waals surface area contributed by atoms with Crippen LogP contribution in [0.4, 0.5) is 35.0 Å². The number of nitrogens with zero attached hydrogens (tertiary/aromatic N) is 2. The summed E-state index contributed by atoms with van der Waals surface area (Å²) in [7, 11) is 0. The lowest BCUT2D eigenvalue weighted by Crippen LogP contribution is -2.21. The highest BCUT2D eigenvalue weighted by Gasteiger charge is 2.33. The van der Waals surface area contributed by atoms with Crippen LogP contribution in [0.1, 0.15) is 5.69 Å². The zero-order valence-corrected chi connectivity index (χ0v) is 14.9. The number of hydrogen-bond donors (Lipinski definition) is 3. The number of carbonyl (C=O) groups excluding carboxylic acids is 2. The number of rotatable bonds is 5. The van der Waals surface area contributed by atoms with E-state index in [4.69, 9.17) is 0 Å². The van der Waals surface area contributed by atoms with Crippen molar-refractivity contribution in [3.63, 3.8) is 0 Å². The zero-order chi connectivity index (χ0) is 20.9. The second kappa shape index (κ2) is 8.46. The molecule has 10 heteroatoms. The van der Waals surface area contributed by atoms with Crippen molar-refractivity contribution in [2.24, 2.45) is 0 Å². The third-order valence-corrected chi connectivity index (χ3v) is 3.67. The Labute approximate surface area is 163 Å². The highest BCUT2D eigenvalue weighted by molar-refractivity contribution is 6.00. The number of hydrogen-bond acceptors (Lipinski definition) is 3. The molecule has 7 nitrogen and oxygen atoms in total. The SMILES string of the molecule is O=C(Cn1ccc(C(F)(F)F)n1)Nc1cccc(NC(=O)Nc2ccccc2)c1. The highest BCUT2D eigenvalue weighted by Crippen LogP contribution is 2.27. The van der Waals surface area contributed by atoms with Crippen LogP contribution in [0.25, 0.3) is 0 Å². The minimum absolute atomic E-state index is 0.371. The molecule has 3 aromatic rings. The van der Waals surface area contributed by atoms with E-state index >= 15 is 0 Å². The van der Waals surface area contributed by atoms with E-state index in [1.54, 1.807) is 42.5 Å². The van der Waals surface area contributed by atoms with E-state index in [9.17, 15) is 22.8 Å². The van der Waals surface area contributed by atoms with Gasteiger partial charge in [-0.2, -0.15) is 18.3 Å². The number of nitrogens with one attached hydrogen (secondary N) is 3. The van der Waals surface area contributed by atoms with Crippen molar-refractivity contribution in [3.8, 4) is 0 Å². The van der Waals surface area contributed by atoms with Gasteiger partial charge in [0.25, 0.3) is 0 Å². The third-order valence-electron chi connectivity index (χ3n) is 3.67. The number of urea groups is 1. The summed E-state index contributed by atoms with van der Waals surface area (Å²) in [5.74, 6) is -0.562. The summed E-state index contributed by atoms with van der Waals surface area (Å²) in [4.78, 5) is 24.1. The van der Waals surface area contributed by atoms with Gasteiger partial charge in [-0.3, -0.25) is 9.48 Å². The normalized spacial score (nSPS) is 11.0. The summed E-state index contributed by atoms with van der Waals surface area (Å²) < 4.78 is 38.6. The fraction of sp³-hybridized carbons (Fsp3) is 0.105. The Kier molecular flexibility index (Phi) is 5.82. The van der Waals surface area contributed by atoms with Gasteiger partial charge in [0.05, 0.1) is 0 Å². The Morgan fingerprint density at radius 1 is 0.862 bits per heavy atom. The average molecular weight is 403 g/mol. The smallest absolute Gasteiger partial charge is 0.324 e. The van der Waals surface area contributed by atoms with Gasteiger partial charge in [0.15, 0.2) is 5.69 Å². The molecule has 0 radical (unpaired) electrons. The van der Waals surface area contributed by atoms with E-state index in [0.717, 1.165) is 16.9 Å². The number of amides is 3. The fourth-order valence-electron chi connectivity index (χ4n) is 2.44. The van der Waals surface area contributed by atoms with Gasteiger partial charge in [0, 0.05) is 23.3 Å². The van der Waals surface area contributed by atoms with Crippen LogP contribution in [0.5, 0.6) is 0 Å². The average Bonchev–Trinajstić information content (AvgIpc) is 3.11. The maximum Gasteiger partial charge on any atom is 0.435 e. The van der Waals surface area contributed by atoms with Crippen LogP contribution in [0.3, 0.4) is 0 Å². The zero-order valence-electron chi connectivity index (χ0n) is 14.9. The van der Waals surface area contributed by atoms with Crippen LogP contribution in [-0.2, 0) is 17.5 Å². The molecule has 0 saturated heterocycles. The number of benzene rings is 2. The Bertz CT molecular complexity index is 1000. The Morgan fingerprint density at radius 3 is 2.14 bits per heavy atom. The van der Waals surface area contributed by atoms with Crippen molar-refractivity contribution >= 4 is 29.0 Å². The van der Waals surface area contributed by atoms with Crippen LogP contribution in [0.2, 0.25) is 0 Å². The Morgan fingerprint density at radius 2 is 1.48 bits per heavy atom. The molecular weight excluding hydrogens is 387 g/mol. The molecule has 0 fully saturated rings. The summed E-state index contributed by atoms with van der Waals surface area (Å²) in [6.07, 6.45) is -3.49. The van der Waals surface area contributed by atoms with Gasteiger partial charge >= 0.3 is 12.2 Å². The van der Waals surface area contributed by atoms with Crippen molar-refractivity contribution in [1.29, 1.82) is 0 Å². The summed E-state index contributed by atoms with van der Waals surface area (Å²) in [5.41, 5.74) is 0.346. The number of aromatic nitrogens is 2. The van der Waals surface area contributed by atoms with Crippen molar-refractivity contribution in [3.05, 3.63) is 72.6 Å². The molecule has 0 aliphatic carbocycles. The van der Waals surface area contributed by atoms with Crippen molar-refractivity contribution in [2.45, 2.75) is 12.7 Å². The molecule has 0 aliphatic heterocycles. The molecule has 0 unspecified atom stereocenters. The first-order valence-corrected chi connectivity index (χ1v) is 8.43. The van der Waals surface area contributed by atoms with Crippen molar-refractivity contribution in [2.75, 3.05) is 16.0 Å². The second-order valence-corrected chi connectivity index (χ2v) is 5.97. The fourth-order valence-corrected chi connectivity index (χ4v) is 2.44. The lowest BCUT2D eigenvalue weighted by molar-refractivity contribution is -0.141.